The summed E-state index contributed by atoms with van der Waals surface area (Å²) in [6.45, 7) is 10.5. The van der Waals surface area contributed by atoms with Crippen LogP contribution in [-0.2, 0) is 9.47 Å². The predicted octanol–water partition coefficient (Wildman–Crippen LogP) is 2.04. The minimum Gasteiger partial charge on any atom is -0.380 e. The maximum absolute atomic E-state index is 5.87. The fourth-order valence-corrected chi connectivity index (χ4v) is 2.49. The van der Waals surface area contributed by atoms with Crippen LogP contribution in [0, 0.1) is 0 Å². The first-order chi connectivity index (χ1) is 9.19. The van der Waals surface area contributed by atoms with E-state index in [2.05, 4.69) is 9.88 Å². The largest absolute Gasteiger partial charge is 0.380 e. The minimum atomic E-state index is 0.0342. The number of aromatic nitrogens is 1. The SMILES string of the molecule is CCOCCN(CCOCC)c1ncc(C(C)N)s1. The van der Waals surface area contributed by atoms with Gasteiger partial charge in [-0.1, -0.05) is 0 Å². The van der Waals surface area contributed by atoms with Gasteiger partial charge in [0.1, 0.15) is 0 Å². The van der Waals surface area contributed by atoms with Gasteiger partial charge in [-0.2, -0.15) is 0 Å². The van der Waals surface area contributed by atoms with E-state index in [-0.39, 0.29) is 6.04 Å². The Hall–Kier alpha value is -0.690. The molecule has 1 aromatic heterocycles. The van der Waals surface area contributed by atoms with Crippen molar-refractivity contribution in [2.24, 2.45) is 5.73 Å². The summed E-state index contributed by atoms with van der Waals surface area (Å²) in [5, 5.41) is 0.992. The molecule has 110 valence electrons. The van der Waals surface area contributed by atoms with Gasteiger partial charge in [0, 0.05) is 43.4 Å². The van der Waals surface area contributed by atoms with Gasteiger partial charge in [0.25, 0.3) is 0 Å². The summed E-state index contributed by atoms with van der Waals surface area (Å²) in [7, 11) is 0. The molecule has 0 spiro atoms. The van der Waals surface area contributed by atoms with Gasteiger partial charge in [-0.3, -0.25) is 0 Å². The van der Waals surface area contributed by atoms with Gasteiger partial charge in [-0.15, -0.1) is 11.3 Å². The third kappa shape index (κ3) is 5.86. The molecule has 6 heteroatoms. The molecule has 5 nitrogen and oxygen atoms in total. The van der Waals surface area contributed by atoms with Crippen molar-refractivity contribution in [3.05, 3.63) is 11.1 Å². The van der Waals surface area contributed by atoms with Gasteiger partial charge in [-0.25, -0.2) is 4.98 Å². The molecule has 1 aromatic rings. The van der Waals surface area contributed by atoms with E-state index >= 15 is 0 Å². The molecule has 0 saturated carbocycles. The zero-order valence-electron chi connectivity index (χ0n) is 12.1. The number of ether oxygens (including phenoxy) is 2. The van der Waals surface area contributed by atoms with Gasteiger partial charge in [-0.05, 0) is 20.8 Å². The lowest BCUT2D eigenvalue weighted by atomic mass is 10.3. The number of nitrogens with zero attached hydrogens (tertiary/aromatic N) is 2. The van der Waals surface area contributed by atoms with Crippen molar-refractivity contribution in [1.29, 1.82) is 0 Å². The Morgan fingerprint density at radius 3 is 2.26 bits per heavy atom. The maximum atomic E-state index is 5.87. The fraction of sp³-hybridized carbons (Fsp3) is 0.769. The molecular formula is C13H25N3O2S. The van der Waals surface area contributed by atoms with E-state index in [0.717, 1.165) is 36.3 Å². The zero-order valence-corrected chi connectivity index (χ0v) is 12.9. The van der Waals surface area contributed by atoms with Crippen molar-refractivity contribution < 1.29 is 9.47 Å². The smallest absolute Gasteiger partial charge is 0.185 e. The van der Waals surface area contributed by atoms with E-state index in [1.807, 2.05) is 27.0 Å². The Bertz CT molecular complexity index is 334. The van der Waals surface area contributed by atoms with Crippen LogP contribution in [0.4, 0.5) is 5.13 Å². The van der Waals surface area contributed by atoms with Crippen LogP contribution in [0.5, 0.6) is 0 Å². The second-order valence-electron chi connectivity index (χ2n) is 4.21. The van der Waals surface area contributed by atoms with E-state index in [1.165, 1.54) is 0 Å². The highest BCUT2D eigenvalue weighted by Crippen LogP contribution is 2.25. The molecule has 1 unspecified atom stereocenters. The molecule has 0 bridgehead atoms. The molecule has 0 aliphatic rings. The summed E-state index contributed by atoms with van der Waals surface area (Å²) in [6, 6.07) is 0.0342. The molecule has 0 fully saturated rings. The third-order valence-corrected chi connectivity index (χ3v) is 3.91. The monoisotopic (exact) mass is 287 g/mol. The van der Waals surface area contributed by atoms with E-state index in [9.17, 15) is 0 Å². The van der Waals surface area contributed by atoms with E-state index < -0.39 is 0 Å². The van der Waals surface area contributed by atoms with Crippen molar-refractivity contribution in [3.63, 3.8) is 0 Å². The molecule has 0 radical (unpaired) electrons. The van der Waals surface area contributed by atoms with Crippen LogP contribution >= 0.6 is 11.3 Å². The first kappa shape index (κ1) is 16.4. The van der Waals surface area contributed by atoms with Gasteiger partial charge in [0.05, 0.1) is 13.2 Å². The summed E-state index contributed by atoms with van der Waals surface area (Å²) in [5.74, 6) is 0. The summed E-state index contributed by atoms with van der Waals surface area (Å²) in [6.07, 6.45) is 1.86. The predicted molar refractivity (Wildman–Crippen MR) is 79.9 cm³/mol. The standard InChI is InChI=1S/C13H25N3O2S/c1-4-17-8-6-16(7-9-18-5-2)13-15-10-12(19-13)11(3)14/h10-11H,4-9,14H2,1-3H3. The summed E-state index contributed by atoms with van der Waals surface area (Å²) >= 11 is 1.64. The van der Waals surface area contributed by atoms with E-state index in [4.69, 9.17) is 15.2 Å². The second-order valence-corrected chi connectivity index (χ2v) is 5.26. The van der Waals surface area contributed by atoms with Crippen LogP contribution < -0.4 is 10.6 Å². The number of hydrogen-bond donors (Lipinski definition) is 1. The van der Waals surface area contributed by atoms with Crippen LogP contribution in [0.1, 0.15) is 31.7 Å². The van der Waals surface area contributed by atoms with E-state index in [1.54, 1.807) is 11.3 Å². The number of hydrogen-bond acceptors (Lipinski definition) is 6. The summed E-state index contributed by atoms with van der Waals surface area (Å²) in [4.78, 5) is 7.75. The Labute approximate surface area is 119 Å². The van der Waals surface area contributed by atoms with Gasteiger partial charge in [0.15, 0.2) is 5.13 Å². The molecule has 0 aromatic carbocycles. The molecule has 0 aliphatic heterocycles. The van der Waals surface area contributed by atoms with Gasteiger partial charge < -0.3 is 20.1 Å². The van der Waals surface area contributed by atoms with Crippen molar-refractivity contribution in [2.45, 2.75) is 26.8 Å². The molecule has 1 rings (SSSR count). The third-order valence-electron chi connectivity index (χ3n) is 2.65. The van der Waals surface area contributed by atoms with Crippen molar-refractivity contribution in [3.8, 4) is 0 Å². The van der Waals surface area contributed by atoms with Crippen LogP contribution in [0.3, 0.4) is 0 Å². The van der Waals surface area contributed by atoms with Gasteiger partial charge in [0.2, 0.25) is 0 Å². The highest BCUT2D eigenvalue weighted by Gasteiger charge is 2.12. The normalized spacial score (nSPS) is 12.6. The lowest BCUT2D eigenvalue weighted by molar-refractivity contribution is 0.141. The quantitative estimate of drug-likeness (QED) is 0.667. The highest BCUT2D eigenvalue weighted by atomic mass is 32.1. The number of anilines is 1. The van der Waals surface area contributed by atoms with Crippen molar-refractivity contribution in [1.82, 2.24) is 4.98 Å². The average molecular weight is 287 g/mol. The maximum Gasteiger partial charge on any atom is 0.185 e. The van der Waals surface area contributed by atoms with E-state index in [0.29, 0.717) is 13.2 Å². The molecular weight excluding hydrogens is 262 g/mol. The van der Waals surface area contributed by atoms with Crippen LogP contribution in [0.15, 0.2) is 6.20 Å². The minimum absolute atomic E-state index is 0.0342. The lowest BCUT2D eigenvalue weighted by Crippen LogP contribution is -2.31. The molecule has 1 heterocycles. The van der Waals surface area contributed by atoms with Crippen LogP contribution in [0.2, 0.25) is 0 Å². The Kier molecular flexibility index (Phi) is 7.97. The topological polar surface area (TPSA) is 60.6 Å². The Morgan fingerprint density at radius 1 is 1.26 bits per heavy atom. The van der Waals surface area contributed by atoms with Crippen molar-refractivity contribution in [2.75, 3.05) is 44.4 Å². The number of thiazole rings is 1. The molecule has 0 aliphatic carbocycles. The molecule has 19 heavy (non-hydrogen) atoms. The zero-order chi connectivity index (χ0) is 14.1. The first-order valence-corrected chi connectivity index (χ1v) is 7.62. The lowest BCUT2D eigenvalue weighted by Gasteiger charge is -2.21. The molecule has 0 saturated heterocycles. The fourth-order valence-electron chi connectivity index (χ4n) is 1.57. The summed E-state index contributed by atoms with van der Waals surface area (Å²) < 4.78 is 10.8. The first-order valence-electron chi connectivity index (χ1n) is 6.80. The number of nitrogens with two attached hydrogens (primary N) is 1. The Morgan fingerprint density at radius 2 is 1.84 bits per heavy atom. The van der Waals surface area contributed by atoms with Crippen molar-refractivity contribution >= 4 is 16.5 Å². The average Bonchev–Trinajstić information content (AvgIpc) is 2.87. The summed E-state index contributed by atoms with van der Waals surface area (Å²) in [5.41, 5.74) is 5.87. The Balaban J connectivity index is 2.58. The number of rotatable bonds is 10. The molecule has 1 atom stereocenters. The highest BCUT2D eigenvalue weighted by molar-refractivity contribution is 7.15. The molecule has 2 N–H and O–H groups in total. The molecule has 0 amide bonds. The second kappa shape index (κ2) is 9.25. The van der Waals surface area contributed by atoms with Gasteiger partial charge >= 0.3 is 0 Å². The van der Waals surface area contributed by atoms with Crippen LogP contribution in [0.25, 0.3) is 0 Å². The van der Waals surface area contributed by atoms with Crippen LogP contribution in [-0.4, -0.2) is 44.5 Å².